The molecule has 1 aliphatic heterocycles. The Bertz CT molecular complexity index is 1230. The van der Waals surface area contributed by atoms with Gasteiger partial charge >= 0.3 is 5.97 Å². The lowest BCUT2D eigenvalue weighted by Crippen LogP contribution is -2.41. The van der Waals surface area contributed by atoms with E-state index in [1.165, 1.54) is 35.5 Å². The summed E-state index contributed by atoms with van der Waals surface area (Å²) in [5.41, 5.74) is 0.467. The maximum Gasteiger partial charge on any atom is 0.314 e. The number of carbonyl (C=O) groups is 2. The van der Waals surface area contributed by atoms with Crippen LogP contribution in [0, 0.1) is 5.92 Å². The standard InChI is InChI=1S/C24H23NO5S/c1-17(26)18-7-10-23(11-8-18)31(28,29)25-14-12-20(13-15-25)24(27)30-22-9-6-19-4-2-3-5-21(19)16-22/h2-11,16,20H,12-15H2,1H3. The molecule has 0 aliphatic carbocycles. The third-order valence-electron chi connectivity index (χ3n) is 5.63. The van der Waals surface area contributed by atoms with Crippen LogP contribution < -0.4 is 4.74 Å². The number of ether oxygens (including phenoxy) is 1. The third-order valence-corrected chi connectivity index (χ3v) is 7.54. The first-order valence-electron chi connectivity index (χ1n) is 10.2. The van der Waals surface area contributed by atoms with Crippen molar-refractivity contribution in [2.24, 2.45) is 5.92 Å². The van der Waals surface area contributed by atoms with Crippen molar-refractivity contribution < 1.29 is 22.7 Å². The molecule has 0 aromatic heterocycles. The van der Waals surface area contributed by atoms with Gasteiger partial charge in [-0.15, -0.1) is 0 Å². The molecule has 3 aromatic carbocycles. The fourth-order valence-corrected chi connectivity index (χ4v) is 5.24. The molecule has 7 heteroatoms. The Hall–Kier alpha value is -3.03. The lowest BCUT2D eigenvalue weighted by atomic mass is 9.98. The summed E-state index contributed by atoms with van der Waals surface area (Å²) in [5, 5.41) is 2.06. The van der Waals surface area contributed by atoms with Gasteiger partial charge in [0, 0.05) is 18.7 Å². The molecule has 0 N–H and O–H groups in total. The molecule has 1 aliphatic rings. The molecule has 1 fully saturated rings. The normalized spacial score (nSPS) is 15.6. The summed E-state index contributed by atoms with van der Waals surface area (Å²) < 4.78 is 32.7. The molecule has 0 bridgehead atoms. The van der Waals surface area contributed by atoms with Crippen molar-refractivity contribution >= 4 is 32.5 Å². The zero-order valence-corrected chi connectivity index (χ0v) is 18.0. The number of nitrogens with zero attached hydrogens (tertiary/aromatic N) is 1. The molecule has 31 heavy (non-hydrogen) atoms. The summed E-state index contributed by atoms with van der Waals surface area (Å²) in [4.78, 5) is 24.2. The van der Waals surface area contributed by atoms with Gasteiger partial charge in [0.25, 0.3) is 0 Å². The van der Waals surface area contributed by atoms with Gasteiger partial charge in [0.15, 0.2) is 5.78 Å². The highest BCUT2D eigenvalue weighted by Crippen LogP contribution is 2.27. The van der Waals surface area contributed by atoms with E-state index in [-0.39, 0.29) is 35.7 Å². The fraction of sp³-hybridized carbons (Fsp3) is 0.250. The molecule has 0 radical (unpaired) electrons. The minimum Gasteiger partial charge on any atom is -0.426 e. The molecule has 1 heterocycles. The van der Waals surface area contributed by atoms with Gasteiger partial charge in [-0.25, -0.2) is 8.42 Å². The van der Waals surface area contributed by atoms with Gasteiger partial charge in [-0.05, 0) is 54.8 Å². The second-order valence-corrected chi connectivity index (χ2v) is 9.63. The number of sulfonamides is 1. The molecular formula is C24H23NO5S. The largest absolute Gasteiger partial charge is 0.426 e. The molecule has 0 amide bonds. The van der Waals surface area contributed by atoms with Crippen LogP contribution in [0.3, 0.4) is 0 Å². The molecule has 0 saturated carbocycles. The monoisotopic (exact) mass is 437 g/mol. The molecule has 4 rings (SSSR count). The van der Waals surface area contributed by atoms with Crippen LogP contribution in [0.4, 0.5) is 0 Å². The van der Waals surface area contributed by atoms with E-state index in [4.69, 9.17) is 4.74 Å². The summed E-state index contributed by atoms with van der Waals surface area (Å²) in [6.45, 7) is 1.92. The van der Waals surface area contributed by atoms with Gasteiger partial charge in [-0.2, -0.15) is 4.31 Å². The summed E-state index contributed by atoms with van der Waals surface area (Å²) in [7, 11) is -3.67. The number of carbonyl (C=O) groups excluding carboxylic acids is 2. The number of hydrogen-bond donors (Lipinski definition) is 0. The average Bonchev–Trinajstić information content (AvgIpc) is 2.79. The first-order chi connectivity index (χ1) is 14.8. The predicted octanol–water partition coefficient (Wildman–Crippen LogP) is 4.05. The van der Waals surface area contributed by atoms with Crippen LogP contribution in [-0.4, -0.2) is 37.6 Å². The highest BCUT2D eigenvalue weighted by atomic mass is 32.2. The average molecular weight is 438 g/mol. The second kappa shape index (κ2) is 8.61. The van der Waals surface area contributed by atoms with E-state index >= 15 is 0 Å². The first-order valence-corrected chi connectivity index (χ1v) is 11.6. The Kier molecular flexibility index (Phi) is 5.89. The van der Waals surface area contributed by atoms with E-state index in [0.717, 1.165) is 10.8 Å². The summed E-state index contributed by atoms with van der Waals surface area (Å²) in [5.74, 6) is -0.310. The fourth-order valence-electron chi connectivity index (χ4n) is 3.77. The minimum atomic E-state index is -3.67. The molecular weight excluding hydrogens is 414 g/mol. The number of Topliss-reactive ketones (excluding diaryl/α,β-unsaturated/α-hetero) is 1. The lowest BCUT2D eigenvalue weighted by molar-refractivity contribution is -0.140. The van der Waals surface area contributed by atoms with Crippen molar-refractivity contribution in [3.63, 3.8) is 0 Å². The van der Waals surface area contributed by atoms with Crippen LogP contribution in [0.15, 0.2) is 71.6 Å². The first kappa shape index (κ1) is 21.2. The Morgan fingerprint density at radius 1 is 0.903 bits per heavy atom. The van der Waals surface area contributed by atoms with Gasteiger partial charge in [-0.1, -0.05) is 42.5 Å². The minimum absolute atomic E-state index is 0.116. The van der Waals surface area contributed by atoms with Crippen LogP contribution in [0.2, 0.25) is 0 Å². The van der Waals surface area contributed by atoms with Crippen molar-refractivity contribution in [3.8, 4) is 5.75 Å². The maximum atomic E-state index is 12.9. The Morgan fingerprint density at radius 3 is 2.19 bits per heavy atom. The van der Waals surface area contributed by atoms with Gasteiger partial charge in [-0.3, -0.25) is 9.59 Å². The molecule has 160 valence electrons. The van der Waals surface area contributed by atoms with Gasteiger partial charge in [0.05, 0.1) is 10.8 Å². The van der Waals surface area contributed by atoms with E-state index in [1.807, 2.05) is 36.4 Å². The summed E-state index contributed by atoms with van der Waals surface area (Å²) in [6.07, 6.45) is 0.800. The Labute approximate surface area is 181 Å². The number of hydrogen-bond acceptors (Lipinski definition) is 5. The van der Waals surface area contributed by atoms with Crippen LogP contribution in [0.5, 0.6) is 5.75 Å². The topological polar surface area (TPSA) is 80.8 Å². The van der Waals surface area contributed by atoms with Crippen LogP contribution in [-0.2, 0) is 14.8 Å². The Morgan fingerprint density at radius 2 is 1.55 bits per heavy atom. The highest BCUT2D eigenvalue weighted by Gasteiger charge is 2.33. The van der Waals surface area contributed by atoms with Crippen molar-refractivity contribution in [1.82, 2.24) is 4.31 Å². The molecule has 0 atom stereocenters. The van der Waals surface area contributed by atoms with E-state index in [1.54, 1.807) is 6.07 Å². The summed E-state index contributed by atoms with van der Waals surface area (Å²) >= 11 is 0. The van der Waals surface area contributed by atoms with E-state index in [2.05, 4.69) is 0 Å². The molecule has 0 spiro atoms. The zero-order chi connectivity index (χ0) is 22.0. The smallest absolute Gasteiger partial charge is 0.314 e. The molecule has 1 saturated heterocycles. The van der Waals surface area contributed by atoms with Crippen molar-refractivity contribution in [2.45, 2.75) is 24.7 Å². The number of rotatable bonds is 5. The zero-order valence-electron chi connectivity index (χ0n) is 17.2. The van der Waals surface area contributed by atoms with Crippen molar-refractivity contribution in [3.05, 3.63) is 72.3 Å². The number of benzene rings is 3. The number of ketones is 1. The van der Waals surface area contributed by atoms with E-state index in [9.17, 15) is 18.0 Å². The SMILES string of the molecule is CC(=O)c1ccc(S(=O)(=O)N2CCC(C(=O)Oc3ccc4ccccc4c3)CC2)cc1. The van der Waals surface area contributed by atoms with Crippen LogP contribution >= 0.6 is 0 Å². The quantitative estimate of drug-likeness (QED) is 0.342. The second-order valence-electron chi connectivity index (χ2n) is 7.69. The maximum absolute atomic E-state index is 12.9. The number of piperidine rings is 1. The van der Waals surface area contributed by atoms with Crippen LogP contribution in [0.25, 0.3) is 10.8 Å². The predicted molar refractivity (Wildman–Crippen MR) is 118 cm³/mol. The van der Waals surface area contributed by atoms with E-state index in [0.29, 0.717) is 24.2 Å². The van der Waals surface area contributed by atoms with Crippen molar-refractivity contribution in [2.75, 3.05) is 13.1 Å². The van der Waals surface area contributed by atoms with Gasteiger partial charge in [0.1, 0.15) is 5.75 Å². The Balaban J connectivity index is 1.39. The highest BCUT2D eigenvalue weighted by molar-refractivity contribution is 7.89. The van der Waals surface area contributed by atoms with Gasteiger partial charge in [0.2, 0.25) is 10.0 Å². The molecule has 3 aromatic rings. The molecule has 6 nitrogen and oxygen atoms in total. The third kappa shape index (κ3) is 4.52. The van der Waals surface area contributed by atoms with Crippen molar-refractivity contribution in [1.29, 1.82) is 0 Å². The number of esters is 1. The van der Waals surface area contributed by atoms with Crippen LogP contribution in [0.1, 0.15) is 30.1 Å². The van der Waals surface area contributed by atoms with E-state index < -0.39 is 10.0 Å². The lowest BCUT2D eigenvalue weighted by Gasteiger charge is -2.30. The summed E-state index contributed by atoms with van der Waals surface area (Å²) in [6, 6.07) is 19.3. The van der Waals surface area contributed by atoms with Gasteiger partial charge < -0.3 is 4.74 Å². The number of fused-ring (bicyclic) bond motifs is 1. The molecule has 0 unspecified atom stereocenters.